The van der Waals surface area contributed by atoms with Gasteiger partial charge in [-0.3, -0.25) is 0 Å². The molecule has 0 atom stereocenters. The van der Waals surface area contributed by atoms with Gasteiger partial charge in [0.05, 0.1) is 5.52 Å². The fourth-order valence-electron chi connectivity index (χ4n) is 1.92. The van der Waals surface area contributed by atoms with Gasteiger partial charge in [-0.05, 0) is 18.2 Å². The molecule has 0 radical (unpaired) electrons. The number of thiocarbonyl (C=S) groups is 1. The largest absolute Gasteiger partial charge is 0.506 e. The third-order valence-corrected chi connectivity index (χ3v) is 3.13. The van der Waals surface area contributed by atoms with Gasteiger partial charge in [0, 0.05) is 22.2 Å². The van der Waals surface area contributed by atoms with Crippen molar-refractivity contribution in [2.45, 2.75) is 6.42 Å². The smallest absolute Gasteiger partial charge is 0.138 e. The van der Waals surface area contributed by atoms with Crippen LogP contribution >= 0.6 is 12.2 Å². The lowest BCUT2D eigenvalue weighted by molar-refractivity contribution is 0.506. The molecule has 1 aliphatic rings. The summed E-state index contributed by atoms with van der Waals surface area (Å²) in [5, 5.41) is 10.8. The van der Waals surface area contributed by atoms with Crippen molar-refractivity contribution in [1.29, 1.82) is 0 Å². The summed E-state index contributed by atoms with van der Waals surface area (Å²) in [6.45, 7) is 0. The Bertz CT molecular complexity index is 631. The Kier molecular flexibility index (Phi) is 2.01. The SMILES string of the molecule is OC1=CCC(=S)c2cc3ccccc3nc21. The van der Waals surface area contributed by atoms with Crippen LogP contribution in [0.3, 0.4) is 0 Å². The average Bonchev–Trinajstić information content (AvgIpc) is 2.32. The van der Waals surface area contributed by atoms with Crippen LogP contribution in [0.15, 0.2) is 36.4 Å². The lowest BCUT2D eigenvalue weighted by atomic mass is 9.98. The number of aromatic nitrogens is 1. The lowest BCUT2D eigenvalue weighted by Gasteiger charge is -2.14. The van der Waals surface area contributed by atoms with Gasteiger partial charge in [0.25, 0.3) is 0 Å². The predicted octanol–water partition coefficient (Wildman–Crippen LogP) is 3.26. The van der Waals surface area contributed by atoms with Gasteiger partial charge < -0.3 is 5.11 Å². The summed E-state index contributed by atoms with van der Waals surface area (Å²) in [4.78, 5) is 5.28. The highest BCUT2D eigenvalue weighted by Crippen LogP contribution is 2.26. The van der Waals surface area contributed by atoms with Crippen LogP contribution in [0.5, 0.6) is 0 Å². The number of hydrogen-bond acceptors (Lipinski definition) is 3. The molecule has 0 aliphatic heterocycles. The number of nitrogens with zero attached hydrogens (tertiary/aromatic N) is 1. The number of pyridine rings is 1. The Morgan fingerprint density at radius 2 is 2.06 bits per heavy atom. The quantitative estimate of drug-likeness (QED) is 0.701. The number of para-hydroxylation sites is 1. The van der Waals surface area contributed by atoms with Crippen molar-refractivity contribution in [3.63, 3.8) is 0 Å². The van der Waals surface area contributed by atoms with Crippen LogP contribution in [0, 0.1) is 0 Å². The molecule has 1 aliphatic carbocycles. The maximum Gasteiger partial charge on any atom is 0.138 e. The highest BCUT2D eigenvalue weighted by Gasteiger charge is 2.17. The number of allylic oxidation sites excluding steroid dienone is 1. The fourth-order valence-corrected chi connectivity index (χ4v) is 2.16. The molecular formula is C13H9NOS. The van der Waals surface area contributed by atoms with E-state index in [0.29, 0.717) is 12.1 Å². The fraction of sp³-hybridized carbons (Fsp3) is 0.0769. The van der Waals surface area contributed by atoms with Crippen molar-refractivity contribution in [2.75, 3.05) is 0 Å². The molecule has 0 spiro atoms. The maximum absolute atomic E-state index is 9.78. The number of benzene rings is 1. The standard InChI is InChI=1S/C13H9NOS/c15-11-5-6-12(16)9-7-8-3-1-2-4-10(8)14-13(9)11/h1-5,7,15H,6H2. The van der Waals surface area contributed by atoms with E-state index in [0.717, 1.165) is 21.3 Å². The van der Waals surface area contributed by atoms with Crippen molar-refractivity contribution in [3.05, 3.63) is 47.7 Å². The van der Waals surface area contributed by atoms with Crippen molar-refractivity contribution >= 4 is 33.7 Å². The minimum atomic E-state index is 0.231. The molecule has 0 saturated heterocycles. The Hall–Kier alpha value is -1.74. The Labute approximate surface area is 98.3 Å². The molecule has 16 heavy (non-hydrogen) atoms. The lowest BCUT2D eigenvalue weighted by Crippen LogP contribution is -2.08. The van der Waals surface area contributed by atoms with Crippen molar-refractivity contribution in [1.82, 2.24) is 4.98 Å². The summed E-state index contributed by atoms with van der Waals surface area (Å²) in [6.07, 6.45) is 2.33. The molecule has 0 bridgehead atoms. The second-order valence-electron chi connectivity index (χ2n) is 3.79. The number of fused-ring (bicyclic) bond motifs is 2. The maximum atomic E-state index is 9.78. The second kappa shape index (κ2) is 3.39. The number of hydrogen-bond donors (Lipinski definition) is 1. The third-order valence-electron chi connectivity index (χ3n) is 2.75. The first-order chi connectivity index (χ1) is 7.75. The van der Waals surface area contributed by atoms with Gasteiger partial charge >= 0.3 is 0 Å². The van der Waals surface area contributed by atoms with Crippen LogP contribution < -0.4 is 0 Å². The first kappa shape index (κ1) is 9.48. The summed E-state index contributed by atoms with van der Waals surface area (Å²) in [5.74, 6) is 0.231. The van der Waals surface area contributed by atoms with Crippen molar-refractivity contribution in [2.24, 2.45) is 0 Å². The molecule has 0 fully saturated rings. The van der Waals surface area contributed by atoms with E-state index < -0.39 is 0 Å². The average molecular weight is 227 g/mol. The normalized spacial score (nSPS) is 14.8. The number of aliphatic hydroxyl groups excluding tert-OH is 1. The Morgan fingerprint density at radius 1 is 1.25 bits per heavy atom. The molecule has 1 N–H and O–H groups in total. The van der Waals surface area contributed by atoms with Gasteiger partial charge in [0.1, 0.15) is 11.5 Å². The third kappa shape index (κ3) is 1.32. The molecule has 1 heterocycles. The molecule has 78 valence electrons. The molecular weight excluding hydrogens is 218 g/mol. The van der Waals surface area contributed by atoms with E-state index in [4.69, 9.17) is 12.2 Å². The molecule has 2 aromatic rings. The molecule has 3 heteroatoms. The predicted molar refractivity (Wildman–Crippen MR) is 68.7 cm³/mol. The van der Waals surface area contributed by atoms with E-state index in [1.165, 1.54) is 0 Å². The molecule has 0 saturated carbocycles. The minimum absolute atomic E-state index is 0.231. The number of rotatable bonds is 0. The van der Waals surface area contributed by atoms with Crippen LogP contribution in [0.1, 0.15) is 17.7 Å². The minimum Gasteiger partial charge on any atom is -0.506 e. The molecule has 1 aromatic carbocycles. The van der Waals surface area contributed by atoms with Crippen molar-refractivity contribution in [3.8, 4) is 0 Å². The zero-order valence-corrected chi connectivity index (χ0v) is 9.29. The first-order valence-electron chi connectivity index (χ1n) is 5.08. The second-order valence-corrected chi connectivity index (χ2v) is 4.29. The van der Waals surface area contributed by atoms with E-state index >= 15 is 0 Å². The van der Waals surface area contributed by atoms with Crippen LogP contribution in [-0.2, 0) is 0 Å². The van der Waals surface area contributed by atoms with Crippen LogP contribution in [-0.4, -0.2) is 15.0 Å². The van der Waals surface area contributed by atoms with Crippen LogP contribution in [0.2, 0.25) is 0 Å². The Balaban J connectivity index is 2.39. The van der Waals surface area contributed by atoms with Gasteiger partial charge in [-0.2, -0.15) is 0 Å². The first-order valence-corrected chi connectivity index (χ1v) is 5.49. The monoisotopic (exact) mass is 227 g/mol. The van der Waals surface area contributed by atoms with Gasteiger partial charge in [-0.25, -0.2) is 4.98 Å². The molecule has 3 rings (SSSR count). The summed E-state index contributed by atoms with van der Waals surface area (Å²) in [6, 6.07) is 9.84. The van der Waals surface area contributed by atoms with Crippen LogP contribution in [0.4, 0.5) is 0 Å². The zero-order valence-electron chi connectivity index (χ0n) is 8.47. The molecule has 1 aromatic heterocycles. The zero-order chi connectivity index (χ0) is 11.1. The van der Waals surface area contributed by atoms with E-state index in [1.807, 2.05) is 30.3 Å². The highest BCUT2D eigenvalue weighted by molar-refractivity contribution is 7.80. The van der Waals surface area contributed by atoms with E-state index in [2.05, 4.69) is 4.98 Å². The summed E-state index contributed by atoms with van der Waals surface area (Å²) >= 11 is 5.28. The number of aliphatic hydroxyl groups is 1. The molecule has 0 amide bonds. The summed E-state index contributed by atoms with van der Waals surface area (Å²) in [5.41, 5.74) is 2.37. The van der Waals surface area contributed by atoms with Gasteiger partial charge in [-0.1, -0.05) is 30.4 Å². The van der Waals surface area contributed by atoms with E-state index in [9.17, 15) is 5.11 Å². The molecule has 2 nitrogen and oxygen atoms in total. The van der Waals surface area contributed by atoms with E-state index in [-0.39, 0.29) is 5.76 Å². The van der Waals surface area contributed by atoms with Crippen LogP contribution in [0.25, 0.3) is 16.7 Å². The summed E-state index contributed by atoms with van der Waals surface area (Å²) < 4.78 is 0. The van der Waals surface area contributed by atoms with Gasteiger partial charge in [0.2, 0.25) is 0 Å². The van der Waals surface area contributed by atoms with Gasteiger partial charge in [0.15, 0.2) is 0 Å². The van der Waals surface area contributed by atoms with E-state index in [1.54, 1.807) is 6.08 Å². The molecule has 0 unspecified atom stereocenters. The summed E-state index contributed by atoms with van der Waals surface area (Å²) in [7, 11) is 0. The van der Waals surface area contributed by atoms with Crippen molar-refractivity contribution < 1.29 is 5.11 Å². The van der Waals surface area contributed by atoms with Gasteiger partial charge in [-0.15, -0.1) is 0 Å². The topological polar surface area (TPSA) is 33.1 Å². The Morgan fingerprint density at radius 3 is 2.94 bits per heavy atom. The highest BCUT2D eigenvalue weighted by atomic mass is 32.1.